The van der Waals surface area contributed by atoms with E-state index in [1.165, 1.54) is 0 Å². The Hall–Kier alpha value is -1.30. The number of nitrogens with two attached hydrogens (primary N) is 1. The molecular weight excluding hydrogens is 176 g/mol. The molecule has 13 heavy (non-hydrogen) atoms. The molecule has 0 unspecified atom stereocenters. The smallest absolute Gasteiger partial charge is 0.409 e. The summed E-state index contributed by atoms with van der Waals surface area (Å²) in [4.78, 5) is 21.1. The van der Waals surface area contributed by atoms with Crippen molar-refractivity contribution >= 4 is 12.1 Å². The minimum atomic E-state index is -1.44. The maximum atomic E-state index is 10.9. The van der Waals surface area contributed by atoms with Gasteiger partial charge in [0.15, 0.2) is 6.17 Å². The normalized spacial score (nSPS) is 13.2. The molecule has 0 aliphatic heterocycles. The van der Waals surface area contributed by atoms with Crippen LogP contribution in [0.3, 0.4) is 0 Å². The molecule has 76 valence electrons. The molecule has 0 aromatic carbocycles. The molecule has 1 amide bonds. The van der Waals surface area contributed by atoms with Crippen LogP contribution < -0.4 is 11.1 Å². The fourth-order valence-corrected chi connectivity index (χ4v) is 0.496. The van der Waals surface area contributed by atoms with Gasteiger partial charge in [0, 0.05) is 0 Å². The lowest BCUT2D eigenvalue weighted by Crippen LogP contribution is -2.48. The van der Waals surface area contributed by atoms with Crippen LogP contribution in [0.1, 0.15) is 20.8 Å². The Balaban J connectivity index is 3.96. The van der Waals surface area contributed by atoms with Crippen molar-refractivity contribution in [3.05, 3.63) is 0 Å². The number of hydrogen-bond donors (Lipinski definition) is 3. The summed E-state index contributed by atoms with van der Waals surface area (Å²) in [6.07, 6.45) is -2.28. The minimum absolute atomic E-state index is 0.664. The van der Waals surface area contributed by atoms with Gasteiger partial charge in [-0.15, -0.1) is 0 Å². The van der Waals surface area contributed by atoms with Crippen LogP contribution in [0.2, 0.25) is 0 Å². The first-order chi connectivity index (χ1) is 5.72. The number of hydrogen-bond acceptors (Lipinski definition) is 4. The zero-order chi connectivity index (χ0) is 10.6. The van der Waals surface area contributed by atoms with Crippen molar-refractivity contribution in [2.45, 2.75) is 32.5 Å². The van der Waals surface area contributed by atoms with E-state index in [-0.39, 0.29) is 0 Å². The molecule has 0 heterocycles. The Morgan fingerprint density at radius 1 is 1.46 bits per heavy atom. The monoisotopic (exact) mass is 190 g/mol. The van der Waals surface area contributed by atoms with Gasteiger partial charge in [0.2, 0.25) is 0 Å². The number of alkyl carbamates (subject to hydrolysis) is 1. The predicted octanol–water partition coefficient (Wildman–Crippen LogP) is -0.119. The summed E-state index contributed by atoms with van der Waals surface area (Å²) in [7, 11) is 0. The van der Waals surface area contributed by atoms with E-state index >= 15 is 0 Å². The highest BCUT2D eigenvalue weighted by atomic mass is 16.6. The van der Waals surface area contributed by atoms with Gasteiger partial charge in [-0.05, 0) is 20.8 Å². The van der Waals surface area contributed by atoms with E-state index in [1.807, 2.05) is 5.32 Å². The molecule has 0 radical (unpaired) electrons. The fraction of sp³-hybridized carbons (Fsp3) is 0.714. The van der Waals surface area contributed by atoms with Crippen molar-refractivity contribution in [3.63, 3.8) is 0 Å². The lowest BCUT2D eigenvalue weighted by Gasteiger charge is -2.20. The molecule has 0 bridgehead atoms. The summed E-state index contributed by atoms with van der Waals surface area (Å²) in [6, 6.07) is 0. The third-order valence-corrected chi connectivity index (χ3v) is 0.938. The quantitative estimate of drug-likeness (QED) is 0.527. The van der Waals surface area contributed by atoms with Gasteiger partial charge in [-0.3, -0.25) is 5.32 Å². The number of carbonyl (C=O) groups is 2. The SMILES string of the molecule is CC(C)(C)OC(=O)N[C@@H](N)C(=O)O. The van der Waals surface area contributed by atoms with E-state index < -0.39 is 23.8 Å². The molecule has 1 atom stereocenters. The van der Waals surface area contributed by atoms with E-state index in [4.69, 9.17) is 15.6 Å². The first-order valence-corrected chi connectivity index (χ1v) is 3.70. The van der Waals surface area contributed by atoms with Crippen LogP contribution in [-0.2, 0) is 9.53 Å². The van der Waals surface area contributed by atoms with Crippen molar-refractivity contribution in [2.24, 2.45) is 5.73 Å². The maximum Gasteiger partial charge on any atom is 0.409 e. The van der Waals surface area contributed by atoms with Crippen molar-refractivity contribution in [1.82, 2.24) is 5.32 Å². The molecule has 0 aliphatic carbocycles. The highest BCUT2D eigenvalue weighted by Crippen LogP contribution is 2.06. The van der Waals surface area contributed by atoms with Crippen molar-refractivity contribution < 1.29 is 19.4 Å². The Morgan fingerprint density at radius 3 is 2.23 bits per heavy atom. The van der Waals surface area contributed by atoms with E-state index in [1.54, 1.807) is 20.8 Å². The molecule has 0 fully saturated rings. The van der Waals surface area contributed by atoms with Crippen LogP contribution in [0.4, 0.5) is 4.79 Å². The number of carbonyl (C=O) groups excluding carboxylic acids is 1. The van der Waals surface area contributed by atoms with Crippen LogP contribution in [0, 0.1) is 0 Å². The summed E-state index contributed by atoms with van der Waals surface area (Å²) in [6.45, 7) is 5.00. The van der Waals surface area contributed by atoms with Crippen LogP contribution >= 0.6 is 0 Å². The van der Waals surface area contributed by atoms with Crippen molar-refractivity contribution in [1.29, 1.82) is 0 Å². The second-order valence-corrected chi connectivity index (χ2v) is 3.46. The lowest BCUT2D eigenvalue weighted by molar-refractivity contribution is -0.139. The van der Waals surface area contributed by atoms with Gasteiger partial charge in [-0.2, -0.15) is 0 Å². The second-order valence-electron chi connectivity index (χ2n) is 3.46. The highest BCUT2D eigenvalue weighted by molar-refractivity contribution is 5.79. The Morgan fingerprint density at radius 2 is 1.92 bits per heavy atom. The van der Waals surface area contributed by atoms with Gasteiger partial charge >= 0.3 is 12.1 Å². The zero-order valence-electron chi connectivity index (χ0n) is 7.83. The number of carboxylic acids is 1. The topological polar surface area (TPSA) is 102 Å². The van der Waals surface area contributed by atoms with Gasteiger partial charge in [0.25, 0.3) is 0 Å². The number of rotatable bonds is 2. The van der Waals surface area contributed by atoms with Crippen molar-refractivity contribution in [2.75, 3.05) is 0 Å². The largest absolute Gasteiger partial charge is 0.479 e. The summed E-state index contributed by atoms with van der Waals surface area (Å²) in [5, 5.41) is 10.3. The van der Waals surface area contributed by atoms with E-state index in [2.05, 4.69) is 0 Å². The molecule has 0 aromatic heterocycles. The van der Waals surface area contributed by atoms with Gasteiger partial charge < -0.3 is 15.6 Å². The fourth-order valence-electron chi connectivity index (χ4n) is 0.496. The highest BCUT2D eigenvalue weighted by Gasteiger charge is 2.20. The summed E-state index contributed by atoms with van der Waals surface area (Å²) in [5.41, 5.74) is 4.36. The molecule has 0 saturated heterocycles. The van der Waals surface area contributed by atoms with E-state index in [0.717, 1.165) is 0 Å². The standard InChI is InChI=1S/C7H14N2O4/c1-7(2,3)13-6(12)9-4(8)5(10)11/h4H,8H2,1-3H3,(H,9,12)(H,10,11)/t4-/m1/s1. The van der Waals surface area contributed by atoms with Gasteiger partial charge in [-0.25, -0.2) is 9.59 Å². The van der Waals surface area contributed by atoms with E-state index in [0.29, 0.717) is 0 Å². The molecule has 4 N–H and O–H groups in total. The average Bonchev–Trinajstić information content (AvgIpc) is 1.81. The third-order valence-electron chi connectivity index (χ3n) is 0.938. The molecule has 0 spiro atoms. The molecule has 6 nitrogen and oxygen atoms in total. The molecular formula is C7H14N2O4. The van der Waals surface area contributed by atoms with E-state index in [9.17, 15) is 9.59 Å². The number of aliphatic carboxylic acids is 1. The predicted molar refractivity (Wildman–Crippen MR) is 45.0 cm³/mol. The van der Waals surface area contributed by atoms with Crippen molar-refractivity contribution in [3.8, 4) is 0 Å². The minimum Gasteiger partial charge on any atom is -0.479 e. The zero-order valence-corrected chi connectivity index (χ0v) is 7.83. The number of ether oxygens (including phenoxy) is 1. The Bertz CT molecular complexity index is 209. The Labute approximate surface area is 76.0 Å². The Kier molecular flexibility index (Phi) is 3.68. The van der Waals surface area contributed by atoms with Gasteiger partial charge in [0.05, 0.1) is 0 Å². The average molecular weight is 190 g/mol. The maximum absolute atomic E-state index is 10.9. The molecule has 0 aliphatic rings. The first kappa shape index (κ1) is 11.7. The third kappa shape index (κ3) is 5.92. The number of nitrogens with one attached hydrogen (secondary N) is 1. The van der Waals surface area contributed by atoms with Crippen LogP contribution in [0.25, 0.3) is 0 Å². The van der Waals surface area contributed by atoms with Crippen LogP contribution in [-0.4, -0.2) is 28.9 Å². The van der Waals surface area contributed by atoms with Gasteiger partial charge in [-0.1, -0.05) is 0 Å². The summed E-state index contributed by atoms with van der Waals surface area (Å²) in [5.74, 6) is -1.31. The van der Waals surface area contributed by atoms with Crippen LogP contribution in [0.5, 0.6) is 0 Å². The second kappa shape index (κ2) is 4.08. The molecule has 0 aromatic rings. The summed E-state index contributed by atoms with van der Waals surface area (Å²) < 4.78 is 4.77. The molecule has 0 saturated carbocycles. The van der Waals surface area contributed by atoms with Crippen LogP contribution in [0.15, 0.2) is 0 Å². The molecule has 0 rings (SSSR count). The lowest BCUT2D eigenvalue weighted by atomic mass is 10.2. The van der Waals surface area contributed by atoms with Gasteiger partial charge in [0.1, 0.15) is 5.60 Å². The first-order valence-electron chi connectivity index (χ1n) is 3.70. The summed E-state index contributed by atoms with van der Waals surface area (Å²) >= 11 is 0. The molecule has 6 heteroatoms. The number of amides is 1. The number of carboxylic acid groups (broad SMARTS) is 1.